The molecule has 1 amide bonds. The standard InChI is InChI=1S/C20H21F2N7O3/c21-11-5-25-19-16(18(23)27-29(19)8-11)20(30)26-15-7-24-6-14(22)17(15)32-13-1-3-28(4-2-13)12-9-31-10-12/h5-8,12-13H,1-4,9-10H2,(H2,23,27)(H,26,30). The van der Waals surface area contributed by atoms with Gasteiger partial charge in [0.15, 0.2) is 28.8 Å². The first-order valence-electron chi connectivity index (χ1n) is 10.2. The maximum Gasteiger partial charge on any atom is 0.263 e. The average molecular weight is 445 g/mol. The molecule has 10 nitrogen and oxygen atoms in total. The number of halogens is 2. The van der Waals surface area contributed by atoms with Gasteiger partial charge in [0.25, 0.3) is 5.91 Å². The van der Waals surface area contributed by atoms with Gasteiger partial charge in [0.05, 0.1) is 44.0 Å². The topological polar surface area (TPSA) is 120 Å². The molecule has 0 radical (unpaired) electrons. The summed E-state index contributed by atoms with van der Waals surface area (Å²) in [5.74, 6) is -2.24. The van der Waals surface area contributed by atoms with Gasteiger partial charge in [-0.2, -0.15) is 0 Å². The third kappa shape index (κ3) is 3.82. The lowest BCUT2D eigenvalue weighted by atomic mass is 10.0. The van der Waals surface area contributed by atoms with Crippen molar-refractivity contribution < 1.29 is 23.0 Å². The third-order valence-electron chi connectivity index (χ3n) is 5.69. The zero-order chi connectivity index (χ0) is 22.2. The summed E-state index contributed by atoms with van der Waals surface area (Å²) in [6, 6.07) is 0.446. The highest BCUT2D eigenvalue weighted by molar-refractivity contribution is 6.11. The molecular formula is C20H21F2N7O3. The fraction of sp³-hybridized carbons (Fsp3) is 0.400. The number of hydrogen-bond acceptors (Lipinski definition) is 8. The number of anilines is 2. The number of nitrogens with two attached hydrogens (primary N) is 1. The Bertz CT molecular complexity index is 1160. The molecule has 0 saturated carbocycles. The number of carbonyl (C=O) groups is 1. The van der Waals surface area contributed by atoms with Gasteiger partial charge in [0, 0.05) is 13.1 Å². The van der Waals surface area contributed by atoms with Gasteiger partial charge >= 0.3 is 0 Å². The molecule has 3 aromatic rings. The van der Waals surface area contributed by atoms with Crippen LogP contribution in [0, 0.1) is 11.6 Å². The molecule has 3 N–H and O–H groups in total. The lowest BCUT2D eigenvalue weighted by molar-refractivity contribution is -0.0779. The molecule has 12 heteroatoms. The van der Waals surface area contributed by atoms with Crippen LogP contribution in [0.1, 0.15) is 23.2 Å². The van der Waals surface area contributed by atoms with Crippen molar-refractivity contribution in [1.29, 1.82) is 0 Å². The van der Waals surface area contributed by atoms with Crippen molar-refractivity contribution in [1.82, 2.24) is 24.5 Å². The lowest BCUT2D eigenvalue weighted by Crippen LogP contribution is -2.52. The molecule has 2 aliphatic rings. The van der Waals surface area contributed by atoms with E-state index in [9.17, 15) is 13.6 Å². The van der Waals surface area contributed by atoms with Crippen LogP contribution in [-0.2, 0) is 4.74 Å². The molecule has 3 aromatic heterocycles. The summed E-state index contributed by atoms with van der Waals surface area (Å²) >= 11 is 0. The molecule has 5 rings (SSSR count). The minimum Gasteiger partial charge on any atom is -0.485 e. The molecule has 0 spiro atoms. The Morgan fingerprint density at radius 1 is 1.22 bits per heavy atom. The van der Waals surface area contributed by atoms with Gasteiger partial charge in [-0.1, -0.05) is 0 Å². The van der Waals surface area contributed by atoms with Crippen LogP contribution in [0.3, 0.4) is 0 Å². The molecule has 0 aliphatic carbocycles. The molecule has 0 aromatic carbocycles. The second-order valence-electron chi connectivity index (χ2n) is 7.80. The predicted octanol–water partition coefficient (Wildman–Crippen LogP) is 1.48. The summed E-state index contributed by atoms with van der Waals surface area (Å²) in [6.07, 6.45) is 5.58. The molecule has 0 atom stereocenters. The van der Waals surface area contributed by atoms with Crippen molar-refractivity contribution in [2.75, 3.05) is 37.4 Å². The molecule has 2 saturated heterocycles. The van der Waals surface area contributed by atoms with Gasteiger partial charge in [-0.3, -0.25) is 14.7 Å². The van der Waals surface area contributed by atoms with Crippen LogP contribution in [0.5, 0.6) is 5.75 Å². The van der Waals surface area contributed by atoms with Crippen LogP contribution in [0.4, 0.5) is 20.3 Å². The lowest BCUT2D eigenvalue weighted by Gasteiger charge is -2.41. The maximum atomic E-state index is 14.6. The summed E-state index contributed by atoms with van der Waals surface area (Å²) in [4.78, 5) is 22.9. The van der Waals surface area contributed by atoms with E-state index in [1.807, 2.05) is 0 Å². The van der Waals surface area contributed by atoms with Crippen LogP contribution in [0.15, 0.2) is 24.8 Å². The number of nitrogens with one attached hydrogen (secondary N) is 1. The molecule has 5 heterocycles. The number of piperidine rings is 1. The number of pyridine rings is 1. The van der Waals surface area contributed by atoms with E-state index in [0.717, 1.165) is 62.3 Å². The van der Waals surface area contributed by atoms with Crippen LogP contribution < -0.4 is 15.8 Å². The fourth-order valence-electron chi connectivity index (χ4n) is 3.92. The average Bonchev–Trinajstić information content (AvgIpc) is 3.05. The van der Waals surface area contributed by atoms with Gasteiger partial charge in [-0.05, 0) is 12.8 Å². The van der Waals surface area contributed by atoms with Gasteiger partial charge in [0.1, 0.15) is 17.4 Å². The summed E-state index contributed by atoms with van der Waals surface area (Å²) in [6.45, 7) is 3.15. The monoisotopic (exact) mass is 445 g/mol. The molecule has 0 bridgehead atoms. The van der Waals surface area contributed by atoms with Crippen molar-refractivity contribution in [2.24, 2.45) is 0 Å². The number of ether oxygens (including phenoxy) is 2. The van der Waals surface area contributed by atoms with E-state index in [1.165, 1.54) is 6.20 Å². The molecule has 0 unspecified atom stereocenters. The SMILES string of the molecule is Nc1nn2cc(F)cnc2c1C(=O)Nc1cncc(F)c1OC1CCN(C2COC2)CC1. The van der Waals surface area contributed by atoms with Crippen LogP contribution in [0.2, 0.25) is 0 Å². The second kappa shape index (κ2) is 8.28. The van der Waals surface area contributed by atoms with E-state index in [1.54, 1.807) is 0 Å². The highest BCUT2D eigenvalue weighted by Crippen LogP contribution is 2.31. The Kier molecular flexibility index (Phi) is 5.31. The van der Waals surface area contributed by atoms with Crippen molar-refractivity contribution in [3.8, 4) is 5.75 Å². The van der Waals surface area contributed by atoms with Crippen LogP contribution >= 0.6 is 0 Å². The molecule has 2 fully saturated rings. The van der Waals surface area contributed by atoms with E-state index in [-0.39, 0.29) is 34.6 Å². The zero-order valence-electron chi connectivity index (χ0n) is 17.0. The van der Waals surface area contributed by atoms with Gasteiger partial charge in [-0.25, -0.2) is 18.3 Å². The Labute approximate surface area is 181 Å². The number of amides is 1. The van der Waals surface area contributed by atoms with E-state index >= 15 is 0 Å². The first-order chi connectivity index (χ1) is 15.5. The van der Waals surface area contributed by atoms with Crippen molar-refractivity contribution in [3.05, 3.63) is 42.0 Å². The number of fused-ring (bicyclic) bond motifs is 1. The highest BCUT2D eigenvalue weighted by atomic mass is 19.1. The number of rotatable bonds is 5. The minimum absolute atomic E-state index is 0.0590. The number of likely N-dealkylation sites (tertiary alicyclic amines) is 1. The largest absolute Gasteiger partial charge is 0.485 e. The Balaban J connectivity index is 1.33. The minimum atomic E-state index is -0.689. The number of nitrogen functional groups attached to an aromatic ring is 1. The Morgan fingerprint density at radius 2 is 2.00 bits per heavy atom. The molecular weight excluding hydrogens is 424 g/mol. The smallest absolute Gasteiger partial charge is 0.263 e. The van der Waals surface area contributed by atoms with Crippen LogP contribution in [-0.4, -0.2) is 68.8 Å². The quantitative estimate of drug-likeness (QED) is 0.606. The summed E-state index contributed by atoms with van der Waals surface area (Å²) < 4.78 is 40.2. The number of hydrogen-bond donors (Lipinski definition) is 2. The van der Waals surface area contributed by atoms with Crippen LogP contribution in [0.25, 0.3) is 5.65 Å². The van der Waals surface area contributed by atoms with Gasteiger partial charge < -0.3 is 20.5 Å². The maximum absolute atomic E-state index is 14.6. The van der Waals surface area contributed by atoms with E-state index in [0.29, 0.717) is 6.04 Å². The highest BCUT2D eigenvalue weighted by Gasteiger charge is 2.31. The summed E-state index contributed by atoms with van der Waals surface area (Å²) in [5.41, 5.74) is 5.91. The predicted molar refractivity (Wildman–Crippen MR) is 109 cm³/mol. The zero-order valence-corrected chi connectivity index (χ0v) is 17.0. The Morgan fingerprint density at radius 3 is 2.72 bits per heavy atom. The normalized spacial score (nSPS) is 17.9. The van der Waals surface area contributed by atoms with E-state index in [4.69, 9.17) is 15.2 Å². The fourth-order valence-corrected chi connectivity index (χ4v) is 3.92. The summed E-state index contributed by atoms with van der Waals surface area (Å²) in [5, 5.41) is 6.48. The number of nitrogens with zero attached hydrogens (tertiary/aromatic N) is 5. The second-order valence-corrected chi connectivity index (χ2v) is 7.80. The molecule has 2 aliphatic heterocycles. The Hall–Kier alpha value is -3.38. The van der Waals surface area contributed by atoms with Crippen molar-refractivity contribution in [2.45, 2.75) is 25.0 Å². The first-order valence-corrected chi connectivity index (χ1v) is 10.2. The third-order valence-corrected chi connectivity index (χ3v) is 5.69. The van der Waals surface area contributed by atoms with Crippen molar-refractivity contribution in [3.63, 3.8) is 0 Å². The van der Waals surface area contributed by atoms with E-state index in [2.05, 4.69) is 25.3 Å². The number of carbonyl (C=O) groups excluding carboxylic acids is 1. The number of aromatic nitrogens is 4. The molecule has 168 valence electrons. The summed E-state index contributed by atoms with van der Waals surface area (Å²) in [7, 11) is 0. The molecule has 32 heavy (non-hydrogen) atoms. The van der Waals surface area contributed by atoms with E-state index < -0.39 is 17.5 Å². The van der Waals surface area contributed by atoms with Crippen molar-refractivity contribution >= 4 is 23.1 Å². The van der Waals surface area contributed by atoms with Gasteiger partial charge in [0.2, 0.25) is 0 Å². The first kappa shape index (κ1) is 20.5. The van der Waals surface area contributed by atoms with Gasteiger partial charge in [-0.15, -0.1) is 5.10 Å².